The van der Waals surface area contributed by atoms with Crippen molar-refractivity contribution in [1.82, 2.24) is 0 Å². The first kappa shape index (κ1) is 17.5. The number of nitrogens with one attached hydrogen (secondary N) is 2. The summed E-state index contributed by atoms with van der Waals surface area (Å²) in [7, 11) is 0. The van der Waals surface area contributed by atoms with Gasteiger partial charge in [0.2, 0.25) is 5.91 Å². The van der Waals surface area contributed by atoms with E-state index in [0.29, 0.717) is 5.02 Å². The summed E-state index contributed by atoms with van der Waals surface area (Å²) in [5.41, 5.74) is 3.59. The second-order valence-corrected chi connectivity index (χ2v) is 7.33. The molecular weight excluding hydrogens is 366 g/mol. The van der Waals surface area contributed by atoms with Crippen molar-refractivity contribution in [1.29, 1.82) is 0 Å². The number of nitro groups is 1. The molecule has 6 nitrogen and oxygen atoms in total. The molecule has 7 heteroatoms. The Morgan fingerprint density at radius 1 is 1.26 bits per heavy atom. The van der Waals surface area contributed by atoms with Gasteiger partial charge in [0.1, 0.15) is 0 Å². The summed E-state index contributed by atoms with van der Waals surface area (Å²) in [6, 6.07) is 10.2. The van der Waals surface area contributed by atoms with Crippen molar-refractivity contribution in [3.63, 3.8) is 0 Å². The Kier molecular flexibility index (Phi) is 4.36. The van der Waals surface area contributed by atoms with Crippen LogP contribution in [0.25, 0.3) is 0 Å². The smallest absolute Gasteiger partial charge is 0.269 e. The molecule has 0 aromatic heterocycles. The number of hydrogen-bond acceptors (Lipinski definition) is 4. The number of anilines is 2. The lowest BCUT2D eigenvalue weighted by atomic mass is 9.77. The number of halogens is 1. The zero-order valence-corrected chi connectivity index (χ0v) is 15.4. The summed E-state index contributed by atoms with van der Waals surface area (Å²) in [6.07, 6.45) is 5.15. The van der Waals surface area contributed by atoms with Gasteiger partial charge in [0, 0.05) is 46.9 Å². The van der Waals surface area contributed by atoms with Gasteiger partial charge in [-0.15, -0.1) is 0 Å². The Balaban J connectivity index is 1.76. The third kappa shape index (κ3) is 3.17. The molecule has 138 valence electrons. The molecular formula is C20H18ClN3O3. The Bertz CT molecular complexity index is 973. The summed E-state index contributed by atoms with van der Waals surface area (Å²) >= 11 is 6.40. The topological polar surface area (TPSA) is 84.3 Å². The summed E-state index contributed by atoms with van der Waals surface area (Å²) < 4.78 is 0. The Labute approximate surface area is 161 Å². The van der Waals surface area contributed by atoms with Crippen molar-refractivity contribution in [3.8, 4) is 0 Å². The number of benzene rings is 2. The third-order valence-electron chi connectivity index (χ3n) is 5.21. The highest BCUT2D eigenvalue weighted by molar-refractivity contribution is 6.31. The Hall–Kier alpha value is -2.86. The third-order valence-corrected chi connectivity index (χ3v) is 5.55. The van der Waals surface area contributed by atoms with Gasteiger partial charge >= 0.3 is 0 Å². The molecule has 1 amide bonds. The van der Waals surface area contributed by atoms with E-state index in [1.807, 2.05) is 18.2 Å². The lowest BCUT2D eigenvalue weighted by Gasteiger charge is -2.38. The lowest BCUT2D eigenvalue weighted by Crippen LogP contribution is -2.29. The normalized spacial score (nSPS) is 22.5. The second kappa shape index (κ2) is 6.70. The predicted molar refractivity (Wildman–Crippen MR) is 105 cm³/mol. The first-order valence-electron chi connectivity index (χ1n) is 8.72. The van der Waals surface area contributed by atoms with Crippen LogP contribution in [0.15, 0.2) is 48.6 Å². The molecule has 2 aromatic rings. The largest absolute Gasteiger partial charge is 0.378 e. The van der Waals surface area contributed by atoms with E-state index in [1.165, 1.54) is 13.0 Å². The van der Waals surface area contributed by atoms with E-state index >= 15 is 0 Å². The molecule has 3 unspecified atom stereocenters. The van der Waals surface area contributed by atoms with E-state index in [2.05, 4.69) is 22.8 Å². The highest BCUT2D eigenvalue weighted by Gasteiger charge is 2.39. The summed E-state index contributed by atoms with van der Waals surface area (Å²) in [6.45, 7) is 1.48. The number of carbonyl (C=O) groups excluding carboxylic acids is 1. The molecule has 0 fully saturated rings. The molecule has 0 radical (unpaired) electrons. The van der Waals surface area contributed by atoms with Gasteiger partial charge < -0.3 is 10.6 Å². The van der Waals surface area contributed by atoms with Crippen LogP contribution in [-0.2, 0) is 4.79 Å². The van der Waals surface area contributed by atoms with Crippen LogP contribution in [0.2, 0.25) is 5.02 Å². The number of hydrogen-bond donors (Lipinski definition) is 2. The molecule has 0 saturated heterocycles. The van der Waals surface area contributed by atoms with Gasteiger partial charge in [-0.1, -0.05) is 23.8 Å². The van der Waals surface area contributed by atoms with Gasteiger partial charge in [-0.05, 0) is 42.2 Å². The molecule has 0 saturated carbocycles. The first-order chi connectivity index (χ1) is 12.9. The maximum absolute atomic E-state index is 11.4. The fourth-order valence-electron chi connectivity index (χ4n) is 4.07. The zero-order valence-electron chi connectivity index (χ0n) is 14.6. The van der Waals surface area contributed by atoms with Gasteiger partial charge in [0.05, 0.1) is 11.0 Å². The zero-order chi connectivity index (χ0) is 19.1. The van der Waals surface area contributed by atoms with Crippen LogP contribution in [0, 0.1) is 16.0 Å². The van der Waals surface area contributed by atoms with Gasteiger partial charge in [-0.3, -0.25) is 14.9 Å². The van der Waals surface area contributed by atoms with Crippen LogP contribution in [-0.4, -0.2) is 10.8 Å². The molecule has 1 heterocycles. The number of carbonyl (C=O) groups is 1. The minimum Gasteiger partial charge on any atom is -0.378 e. The average Bonchev–Trinajstić information content (AvgIpc) is 3.11. The number of fused-ring (bicyclic) bond motifs is 3. The summed E-state index contributed by atoms with van der Waals surface area (Å²) in [5.74, 6) is 0.248. The number of rotatable bonds is 3. The minimum atomic E-state index is -0.402. The van der Waals surface area contributed by atoms with E-state index in [-0.39, 0.29) is 29.5 Å². The predicted octanol–water partition coefficient (Wildman–Crippen LogP) is 5.03. The second-order valence-electron chi connectivity index (χ2n) is 6.92. The molecule has 2 N–H and O–H groups in total. The summed E-state index contributed by atoms with van der Waals surface area (Å²) in [4.78, 5) is 22.2. The van der Waals surface area contributed by atoms with Crippen LogP contribution >= 0.6 is 11.6 Å². The van der Waals surface area contributed by atoms with E-state index in [0.717, 1.165) is 28.9 Å². The molecule has 0 bridgehead atoms. The number of non-ortho nitro benzene ring substituents is 1. The van der Waals surface area contributed by atoms with Crippen LogP contribution in [0.1, 0.15) is 36.4 Å². The molecule has 4 rings (SSSR count). The molecule has 0 spiro atoms. The fraction of sp³-hybridized carbons (Fsp3) is 0.250. The first-order valence-corrected chi connectivity index (χ1v) is 9.10. The van der Waals surface area contributed by atoms with Gasteiger partial charge in [-0.2, -0.15) is 0 Å². The van der Waals surface area contributed by atoms with Crippen molar-refractivity contribution in [2.45, 2.75) is 25.3 Å². The van der Waals surface area contributed by atoms with Crippen molar-refractivity contribution in [2.75, 3.05) is 10.6 Å². The fourth-order valence-corrected chi connectivity index (χ4v) is 4.30. The highest BCUT2D eigenvalue weighted by atomic mass is 35.5. The van der Waals surface area contributed by atoms with Crippen LogP contribution in [0.4, 0.5) is 17.1 Å². The molecule has 1 aliphatic carbocycles. The van der Waals surface area contributed by atoms with Gasteiger partial charge in [-0.25, -0.2) is 0 Å². The van der Waals surface area contributed by atoms with E-state index in [1.54, 1.807) is 12.1 Å². The molecule has 2 aliphatic rings. The van der Waals surface area contributed by atoms with Crippen molar-refractivity contribution in [3.05, 3.63) is 74.8 Å². The van der Waals surface area contributed by atoms with Crippen molar-refractivity contribution < 1.29 is 9.72 Å². The van der Waals surface area contributed by atoms with E-state index in [4.69, 9.17) is 11.6 Å². The SMILES string of the molecule is CC(=O)Nc1ccc2c(c1)C1C=CCC1C(c1cc([N+](=O)[O-])ccc1Cl)N2. The number of allylic oxidation sites excluding steroid dienone is 2. The van der Waals surface area contributed by atoms with Crippen LogP contribution in [0.3, 0.4) is 0 Å². The standard InChI is InChI=1S/C20H18ClN3O3/c1-11(25)22-12-5-8-19-16(9-12)14-3-2-4-15(14)20(23-19)17-10-13(24(26)27)6-7-18(17)21/h2-3,5-10,14-15,20,23H,4H2,1H3,(H,22,25). The lowest BCUT2D eigenvalue weighted by molar-refractivity contribution is -0.384. The maximum Gasteiger partial charge on any atom is 0.269 e. The van der Waals surface area contributed by atoms with Gasteiger partial charge in [0.25, 0.3) is 5.69 Å². The minimum absolute atomic E-state index is 0.0329. The molecule has 1 aliphatic heterocycles. The maximum atomic E-state index is 11.4. The number of amides is 1. The van der Waals surface area contributed by atoms with E-state index in [9.17, 15) is 14.9 Å². The average molecular weight is 384 g/mol. The summed E-state index contributed by atoms with van der Waals surface area (Å²) in [5, 5.41) is 18.0. The van der Waals surface area contributed by atoms with Crippen molar-refractivity contribution >= 4 is 34.6 Å². The highest BCUT2D eigenvalue weighted by Crippen LogP contribution is 2.51. The van der Waals surface area contributed by atoms with Crippen LogP contribution < -0.4 is 10.6 Å². The quantitative estimate of drug-likeness (QED) is 0.442. The monoisotopic (exact) mass is 383 g/mol. The number of nitrogens with zero attached hydrogens (tertiary/aromatic N) is 1. The Morgan fingerprint density at radius 3 is 2.81 bits per heavy atom. The number of nitro benzene ring substituents is 1. The Morgan fingerprint density at radius 2 is 2.07 bits per heavy atom. The van der Waals surface area contributed by atoms with Crippen molar-refractivity contribution in [2.24, 2.45) is 5.92 Å². The molecule has 2 aromatic carbocycles. The van der Waals surface area contributed by atoms with Gasteiger partial charge in [0.15, 0.2) is 0 Å². The molecule has 3 atom stereocenters. The van der Waals surface area contributed by atoms with Crippen LogP contribution in [0.5, 0.6) is 0 Å². The molecule has 27 heavy (non-hydrogen) atoms. The van der Waals surface area contributed by atoms with E-state index < -0.39 is 4.92 Å².